The van der Waals surface area contributed by atoms with Gasteiger partial charge in [-0.1, -0.05) is 23.7 Å². The van der Waals surface area contributed by atoms with E-state index in [1.807, 2.05) is 29.2 Å². The van der Waals surface area contributed by atoms with Crippen molar-refractivity contribution in [3.63, 3.8) is 0 Å². The fourth-order valence-electron chi connectivity index (χ4n) is 3.49. The first kappa shape index (κ1) is 19.0. The predicted molar refractivity (Wildman–Crippen MR) is 116 cm³/mol. The highest BCUT2D eigenvalue weighted by atomic mass is 35.5. The first-order valence-electron chi connectivity index (χ1n) is 9.26. The molecule has 0 spiro atoms. The van der Waals surface area contributed by atoms with Crippen molar-refractivity contribution in [3.05, 3.63) is 46.1 Å². The molecular formula is C20H22ClN5OS. The second kappa shape index (κ2) is 7.93. The molecule has 8 heteroatoms. The van der Waals surface area contributed by atoms with Gasteiger partial charge in [0.15, 0.2) is 0 Å². The Morgan fingerprint density at radius 2 is 1.93 bits per heavy atom. The van der Waals surface area contributed by atoms with E-state index in [0.29, 0.717) is 13.1 Å². The minimum absolute atomic E-state index is 0.0789. The van der Waals surface area contributed by atoms with Crippen LogP contribution in [0.5, 0.6) is 0 Å². The fraction of sp³-hybridized carbons (Fsp3) is 0.350. The summed E-state index contributed by atoms with van der Waals surface area (Å²) in [4.78, 5) is 27.7. The highest BCUT2D eigenvalue weighted by Gasteiger charge is 2.22. The van der Waals surface area contributed by atoms with Gasteiger partial charge in [0.25, 0.3) is 0 Å². The summed E-state index contributed by atoms with van der Waals surface area (Å²) in [5.41, 5.74) is 2.20. The Kier molecular flexibility index (Phi) is 5.37. The van der Waals surface area contributed by atoms with Crippen LogP contribution in [0.2, 0.25) is 5.02 Å². The number of halogens is 1. The number of hydrogen-bond donors (Lipinski definition) is 1. The van der Waals surface area contributed by atoms with Crippen LogP contribution in [0, 0.1) is 13.8 Å². The van der Waals surface area contributed by atoms with E-state index in [2.05, 4.69) is 34.0 Å². The lowest BCUT2D eigenvalue weighted by atomic mass is 10.2. The molecule has 28 heavy (non-hydrogen) atoms. The maximum atomic E-state index is 12.7. The molecular weight excluding hydrogens is 394 g/mol. The molecule has 1 aliphatic rings. The van der Waals surface area contributed by atoms with Crippen molar-refractivity contribution in [1.82, 2.24) is 14.9 Å². The first-order chi connectivity index (χ1) is 13.5. The third-order valence-electron chi connectivity index (χ3n) is 5.20. The second-order valence-corrected chi connectivity index (χ2v) is 8.47. The number of aromatic nitrogens is 2. The topological polar surface area (TPSA) is 61.4 Å². The summed E-state index contributed by atoms with van der Waals surface area (Å²) in [6.07, 6.45) is 1.55. The number of carbonyl (C=O) groups excluding carboxylic acids is 1. The number of amides is 1. The molecule has 3 heterocycles. The maximum Gasteiger partial charge on any atom is 0.242 e. The Morgan fingerprint density at radius 3 is 2.68 bits per heavy atom. The molecule has 0 atom stereocenters. The molecule has 1 aromatic carbocycles. The van der Waals surface area contributed by atoms with E-state index in [1.165, 1.54) is 10.4 Å². The molecule has 1 saturated heterocycles. The number of hydrogen-bond acceptors (Lipinski definition) is 6. The summed E-state index contributed by atoms with van der Waals surface area (Å²) in [6, 6.07) is 7.83. The lowest BCUT2D eigenvalue weighted by molar-refractivity contribution is -0.129. The van der Waals surface area contributed by atoms with Gasteiger partial charge >= 0.3 is 0 Å². The van der Waals surface area contributed by atoms with E-state index in [0.717, 1.165) is 39.8 Å². The van der Waals surface area contributed by atoms with Gasteiger partial charge in [-0.25, -0.2) is 9.97 Å². The zero-order valence-corrected chi connectivity index (χ0v) is 17.5. The van der Waals surface area contributed by atoms with Gasteiger partial charge in [-0.05, 0) is 31.5 Å². The van der Waals surface area contributed by atoms with Crippen molar-refractivity contribution >= 4 is 50.6 Å². The van der Waals surface area contributed by atoms with Crippen LogP contribution in [-0.4, -0.2) is 53.5 Å². The molecule has 0 aliphatic carbocycles. The number of benzene rings is 1. The summed E-state index contributed by atoms with van der Waals surface area (Å²) < 4.78 is 0. The van der Waals surface area contributed by atoms with Crippen molar-refractivity contribution < 1.29 is 4.79 Å². The number of anilines is 2. The fourth-order valence-corrected chi connectivity index (χ4v) is 4.74. The summed E-state index contributed by atoms with van der Waals surface area (Å²) in [5.74, 6) is 0.810. The quantitative estimate of drug-likeness (QED) is 0.703. The van der Waals surface area contributed by atoms with Gasteiger partial charge in [0, 0.05) is 31.1 Å². The van der Waals surface area contributed by atoms with Crippen LogP contribution in [0.4, 0.5) is 11.5 Å². The normalized spacial score (nSPS) is 14.5. The van der Waals surface area contributed by atoms with Crippen LogP contribution >= 0.6 is 22.9 Å². The standard InChI is InChI=1S/C20H22ClN5OS/c1-13-14(2)28-20-18(13)19(23-12-24-20)22-11-17(27)26-9-7-25(8-10-26)16-6-4-3-5-15(16)21/h3-6,12H,7-11H2,1-2H3,(H,22,23,24). The third-order valence-corrected chi connectivity index (χ3v) is 6.63. The molecule has 0 saturated carbocycles. The van der Waals surface area contributed by atoms with Gasteiger partial charge in [0.2, 0.25) is 5.91 Å². The first-order valence-corrected chi connectivity index (χ1v) is 10.5. The minimum Gasteiger partial charge on any atom is -0.367 e. The lowest BCUT2D eigenvalue weighted by Crippen LogP contribution is -2.50. The Hall–Kier alpha value is -2.38. The summed E-state index contributed by atoms with van der Waals surface area (Å²) in [7, 11) is 0. The van der Waals surface area contributed by atoms with Crippen LogP contribution in [0.3, 0.4) is 0 Å². The molecule has 4 rings (SSSR count). The second-order valence-electron chi connectivity index (χ2n) is 6.86. The molecule has 0 radical (unpaired) electrons. The number of rotatable bonds is 4. The molecule has 1 fully saturated rings. The van der Waals surface area contributed by atoms with E-state index >= 15 is 0 Å². The number of para-hydroxylation sites is 1. The number of nitrogens with one attached hydrogen (secondary N) is 1. The zero-order chi connectivity index (χ0) is 19.7. The molecule has 3 aromatic rings. The van der Waals surface area contributed by atoms with Gasteiger partial charge in [-0.2, -0.15) is 0 Å². The summed E-state index contributed by atoms with van der Waals surface area (Å²) in [6.45, 7) is 7.29. The Balaban J connectivity index is 1.38. The molecule has 1 N–H and O–H groups in total. The number of carbonyl (C=O) groups is 1. The van der Waals surface area contributed by atoms with Crippen LogP contribution in [0.25, 0.3) is 10.2 Å². The van der Waals surface area contributed by atoms with Crippen molar-refractivity contribution in [2.24, 2.45) is 0 Å². The van der Waals surface area contributed by atoms with Gasteiger partial charge in [-0.3, -0.25) is 4.79 Å². The van der Waals surface area contributed by atoms with Crippen molar-refractivity contribution in [3.8, 4) is 0 Å². The van der Waals surface area contributed by atoms with Crippen LogP contribution in [0.15, 0.2) is 30.6 Å². The van der Waals surface area contributed by atoms with E-state index in [1.54, 1.807) is 17.7 Å². The van der Waals surface area contributed by atoms with Crippen molar-refractivity contribution in [1.29, 1.82) is 0 Å². The number of fused-ring (bicyclic) bond motifs is 1. The third kappa shape index (κ3) is 3.64. The Bertz CT molecular complexity index is 1010. The molecule has 1 amide bonds. The summed E-state index contributed by atoms with van der Waals surface area (Å²) in [5, 5.41) is 4.98. The largest absolute Gasteiger partial charge is 0.367 e. The van der Waals surface area contributed by atoms with Crippen LogP contribution in [-0.2, 0) is 4.79 Å². The maximum absolute atomic E-state index is 12.7. The summed E-state index contributed by atoms with van der Waals surface area (Å²) >= 11 is 7.94. The molecule has 1 aliphatic heterocycles. The smallest absolute Gasteiger partial charge is 0.242 e. The van der Waals surface area contributed by atoms with Gasteiger partial charge < -0.3 is 15.1 Å². The van der Waals surface area contributed by atoms with Crippen LogP contribution in [0.1, 0.15) is 10.4 Å². The van der Waals surface area contributed by atoms with Crippen molar-refractivity contribution in [2.75, 3.05) is 42.9 Å². The Morgan fingerprint density at radius 1 is 1.18 bits per heavy atom. The van der Waals surface area contributed by atoms with Crippen molar-refractivity contribution in [2.45, 2.75) is 13.8 Å². The zero-order valence-electron chi connectivity index (χ0n) is 15.9. The van der Waals surface area contributed by atoms with E-state index < -0.39 is 0 Å². The average Bonchev–Trinajstić information content (AvgIpc) is 3.01. The number of thiophene rings is 1. The molecule has 0 bridgehead atoms. The molecule has 0 unspecified atom stereocenters. The molecule has 146 valence electrons. The highest BCUT2D eigenvalue weighted by molar-refractivity contribution is 7.18. The van der Waals surface area contributed by atoms with E-state index in [-0.39, 0.29) is 12.5 Å². The van der Waals surface area contributed by atoms with Gasteiger partial charge in [0.1, 0.15) is 17.0 Å². The van der Waals surface area contributed by atoms with Crippen LogP contribution < -0.4 is 10.2 Å². The molecule has 2 aromatic heterocycles. The highest BCUT2D eigenvalue weighted by Crippen LogP contribution is 2.32. The SMILES string of the molecule is Cc1sc2ncnc(NCC(=O)N3CCN(c4ccccc4Cl)CC3)c2c1C. The number of nitrogens with zero attached hydrogens (tertiary/aromatic N) is 4. The lowest BCUT2D eigenvalue weighted by Gasteiger charge is -2.36. The predicted octanol–water partition coefficient (Wildman–Crippen LogP) is 3.72. The minimum atomic E-state index is 0.0789. The molecule has 6 nitrogen and oxygen atoms in total. The monoisotopic (exact) mass is 415 g/mol. The van der Waals surface area contributed by atoms with E-state index in [9.17, 15) is 4.79 Å². The van der Waals surface area contributed by atoms with E-state index in [4.69, 9.17) is 11.6 Å². The number of piperazine rings is 1. The Labute approximate surface area is 173 Å². The van der Waals surface area contributed by atoms with Gasteiger partial charge in [0.05, 0.1) is 22.6 Å². The average molecular weight is 416 g/mol. The van der Waals surface area contributed by atoms with Gasteiger partial charge in [-0.15, -0.1) is 11.3 Å². The number of aryl methyl sites for hydroxylation is 2.